The number of carbonyl (C=O) groups excluding carboxylic acids is 2. The van der Waals surface area contributed by atoms with E-state index >= 15 is 0 Å². The van der Waals surface area contributed by atoms with Crippen molar-refractivity contribution in [2.24, 2.45) is 11.8 Å². The van der Waals surface area contributed by atoms with E-state index in [4.69, 9.17) is 0 Å². The molecule has 0 rings (SSSR count). The molecule has 2 amide bonds. The van der Waals surface area contributed by atoms with Gasteiger partial charge in [0.1, 0.15) is 0 Å². The van der Waals surface area contributed by atoms with E-state index in [-0.39, 0.29) is 11.8 Å². The minimum absolute atomic E-state index is 0.125. The molecule has 1 unspecified atom stereocenters. The number of rotatable bonds is 13. The average molecular weight is 312 g/mol. The Labute approximate surface area is 136 Å². The van der Waals surface area contributed by atoms with Crippen LogP contribution in [0.2, 0.25) is 0 Å². The van der Waals surface area contributed by atoms with E-state index in [0.29, 0.717) is 37.8 Å². The lowest BCUT2D eigenvalue weighted by Gasteiger charge is -2.09. The number of nitrogens with one attached hydrogen (secondary N) is 2. The molecule has 0 bridgehead atoms. The molecule has 4 nitrogen and oxygen atoms in total. The van der Waals surface area contributed by atoms with E-state index < -0.39 is 0 Å². The van der Waals surface area contributed by atoms with Gasteiger partial charge in [0, 0.05) is 25.9 Å². The van der Waals surface area contributed by atoms with Crippen LogP contribution in [0.4, 0.5) is 0 Å². The molecule has 0 aromatic heterocycles. The average Bonchev–Trinajstić information content (AvgIpc) is 2.48. The Balaban J connectivity index is 3.41. The zero-order valence-corrected chi connectivity index (χ0v) is 15.0. The number of carbonyl (C=O) groups is 2. The predicted octanol–water partition coefficient (Wildman–Crippen LogP) is 3.65. The van der Waals surface area contributed by atoms with Crippen molar-refractivity contribution in [3.63, 3.8) is 0 Å². The largest absolute Gasteiger partial charge is 0.356 e. The molecule has 22 heavy (non-hydrogen) atoms. The van der Waals surface area contributed by atoms with E-state index in [2.05, 4.69) is 38.3 Å². The molecule has 0 radical (unpaired) electrons. The molecule has 1 atom stereocenters. The zero-order valence-electron chi connectivity index (χ0n) is 15.0. The Morgan fingerprint density at radius 2 is 1.41 bits per heavy atom. The summed E-state index contributed by atoms with van der Waals surface area (Å²) in [4.78, 5) is 23.2. The van der Waals surface area contributed by atoms with Gasteiger partial charge in [-0.05, 0) is 31.1 Å². The van der Waals surface area contributed by atoms with E-state index in [1.165, 1.54) is 6.42 Å². The quantitative estimate of drug-likeness (QED) is 0.510. The van der Waals surface area contributed by atoms with Crippen molar-refractivity contribution in [3.05, 3.63) is 0 Å². The second-order valence-corrected chi connectivity index (χ2v) is 6.75. The number of amides is 2. The Bertz CT molecular complexity index is 303. The van der Waals surface area contributed by atoms with Gasteiger partial charge in [0.2, 0.25) is 11.8 Å². The maximum atomic E-state index is 11.6. The lowest BCUT2D eigenvalue weighted by Crippen LogP contribution is -2.29. The van der Waals surface area contributed by atoms with Gasteiger partial charge in [0.25, 0.3) is 0 Å². The molecule has 0 fully saturated rings. The monoisotopic (exact) mass is 312 g/mol. The second kappa shape index (κ2) is 13.6. The van der Waals surface area contributed by atoms with Crippen molar-refractivity contribution in [2.75, 3.05) is 13.1 Å². The van der Waals surface area contributed by atoms with Gasteiger partial charge in [-0.3, -0.25) is 9.59 Å². The highest BCUT2D eigenvalue weighted by Crippen LogP contribution is 2.09. The van der Waals surface area contributed by atoms with Crippen LogP contribution in [0.1, 0.15) is 79.1 Å². The normalized spacial score (nSPS) is 12.2. The molecule has 0 aromatic rings. The Hall–Kier alpha value is -1.06. The molecule has 0 aliphatic heterocycles. The first-order valence-corrected chi connectivity index (χ1v) is 8.99. The smallest absolute Gasteiger partial charge is 0.220 e. The summed E-state index contributed by atoms with van der Waals surface area (Å²) in [5.74, 6) is 1.58. The third-order valence-electron chi connectivity index (χ3n) is 3.99. The summed E-state index contributed by atoms with van der Waals surface area (Å²) in [7, 11) is 0. The molecule has 0 saturated heterocycles. The summed E-state index contributed by atoms with van der Waals surface area (Å²) < 4.78 is 0. The molecule has 0 heterocycles. The first-order chi connectivity index (χ1) is 10.5. The van der Waals surface area contributed by atoms with Crippen LogP contribution in [0.15, 0.2) is 0 Å². The van der Waals surface area contributed by atoms with Crippen LogP contribution in [0.5, 0.6) is 0 Å². The Morgan fingerprint density at radius 1 is 0.818 bits per heavy atom. The van der Waals surface area contributed by atoms with Gasteiger partial charge in [0.05, 0.1) is 0 Å². The van der Waals surface area contributed by atoms with Crippen LogP contribution >= 0.6 is 0 Å². The van der Waals surface area contributed by atoms with E-state index in [0.717, 1.165) is 32.1 Å². The van der Waals surface area contributed by atoms with Gasteiger partial charge in [-0.25, -0.2) is 0 Å². The van der Waals surface area contributed by atoms with Crippen LogP contribution in [0, 0.1) is 11.8 Å². The fraction of sp³-hybridized carbons (Fsp3) is 0.889. The maximum Gasteiger partial charge on any atom is 0.220 e. The van der Waals surface area contributed by atoms with Gasteiger partial charge in [-0.15, -0.1) is 0 Å². The number of hydrogen-bond acceptors (Lipinski definition) is 2. The van der Waals surface area contributed by atoms with E-state index in [1.54, 1.807) is 0 Å². The summed E-state index contributed by atoms with van der Waals surface area (Å²) in [6, 6.07) is 0. The molecule has 0 spiro atoms. The lowest BCUT2D eigenvalue weighted by molar-refractivity contribution is -0.121. The summed E-state index contributed by atoms with van der Waals surface area (Å²) >= 11 is 0. The lowest BCUT2D eigenvalue weighted by atomic mass is 10.0. The van der Waals surface area contributed by atoms with Crippen molar-refractivity contribution in [3.8, 4) is 0 Å². The van der Waals surface area contributed by atoms with Gasteiger partial charge < -0.3 is 10.6 Å². The first kappa shape index (κ1) is 20.9. The molecule has 0 aromatic carbocycles. The summed E-state index contributed by atoms with van der Waals surface area (Å²) in [6.07, 6.45) is 7.38. The fourth-order valence-corrected chi connectivity index (χ4v) is 2.14. The summed E-state index contributed by atoms with van der Waals surface area (Å²) in [5, 5.41) is 5.82. The van der Waals surface area contributed by atoms with Gasteiger partial charge in [-0.1, -0.05) is 47.0 Å². The first-order valence-electron chi connectivity index (χ1n) is 8.99. The molecular formula is C18H36N2O2. The minimum Gasteiger partial charge on any atom is -0.356 e. The van der Waals surface area contributed by atoms with Gasteiger partial charge in [-0.2, -0.15) is 0 Å². The van der Waals surface area contributed by atoms with Crippen LogP contribution < -0.4 is 10.6 Å². The summed E-state index contributed by atoms with van der Waals surface area (Å²) in [6.45, 7) is 10.0. The van der Waals surface area contributed by atoms with E-state index in [1.807, 2.05) is 0 Å². The molecule has 4 heteroatoms. The number of unbranched alkanes of at least 4 members (excludes halogenated alkanes) is 1. The molecule has 0 aliphatic carbocycles. The third-order valence-corrected chi connectivity index (χ3v) is 3.99. The fourth-order valence-electron chi connectivity index (χ4n) is 2.14. The van der Waals surface area contributed by atoms with Gasteiger partial charge >= 0.3 is 0 Å². The molecular weight excluding hydrogens is 276 g/mol. The Kier molecular flexibility index (Phi) is 12.9. The second-order valence-electron chi connectivity index (χ2n) is 6.75. The third kappa shape index (κ3) is 13.9. The highest BCUT2D eigenvalue weighted by molar-refractivity contribution is 5.76. The van der Waals surface area contributed by atoms with Crippen molar-refractivity contribution in [2.45, 2.75) is 79.1 Å². The van der Waals surface area contributed by atoms with Crippen LogP contribution in [-0.4, -0.2) is 24.9 Å². The van der Waals surface area contributed by atoms with Gasteiger partial charge in [0.15, 0.2) is 0 Å². The predicted molar refractivity (Wildman–Crippen MR) is 92.6 cm³/mol. The van der Waals surface area contributed by atoms with Crippen molar-refractivity contribution < 1.29 is 9.59 Å². The van der Waals surface area contributed by atoms with E-state index in [9.17, 15) is 9.59 Å². The zero-order chi connectivity index (χ0) is 16.8. The van der Waals surface area contributed by atoms with Crippen molar-refractivity contribution >= 4 is 11.8 Å². The summed E-state index contributed by atoms with van der Waals surface area (Å²) in [5.41, 5.74) is 0. The molecule has 0 saturated carbocycles. The van der Waals surface area contributed by atoms with Crippen LogP contribution in [-0.2, 0) is 9.59 Å². The van der Waals surface area contributed by atoms with Crippen molar-refractivity contribution in [1.82, 2.24) is 10.6 Å². The van der Waals surface area contributed by atoms with Crippen molar-refractivity contribution in [1.29, 1.82) is 0 Å². The molecule has 0 aliphatic rings. The standard InChI is InChI=1S/C18H36N2O2/c1-5-16(4)11-12-18(22)20-14-8-13-19-17(21)10-7-6-9-15(2)3/h15-16H,5-14H2,1-4H3,(H,19,21)(H,20,22). The highest BCUT2D eigenvalue weighted by Gasteiger charge is 2.05. The van der Waals surface area contributed by atoms with Crippen LogP contribution in [0.3, 0.4) is 0 Å². The SMILES string of the molecule is CCC(C)CCC(=O)NCCCNC(=O)CCCCC(C)C. The Morgan fingerprint density at radius 3 is 1.95 bits per heavy atom. The van der Waals surface area contributed by atoms with Crippen LogP contribution in [0.25, 0.3) is 0 Å². The molecule has 130 valence electrons. The highest BCUT2D eigenvalue weighted by atomic mass is 16.2. The maximum absolute atomic E-state index is 11.6. The molecule has 2 N–H and O–H groups in total. The topological polar surface area (TPSA) is 58.2 Å². The number of hydrogen-bond donors (Lipinski definition) is 2. The minimum atomic E-state index is 0.125.